The van der Waals surface area contributed by atoms with Gasteiger partial charge >= 0.3 is 0 Å². The van der Waals surface area contributed by atoms with Gasteiger partial charge < -0.3 is 10.4 Å². The molecular formula is C16H15F2NO2S. The number of carbonyl (C=O) groups is 1. The second kappa shape index (κ2) is 7.38. The van der Waals surface area contributed by atoms with E-state index >= 15 is 0 Å². The molecule has 0 aliphatic rings. The van der Waals surface area contributed by atoms with Gasteiger partial charge in [-0.15, -0.1) is 11.8 Å². The lowest BCUT2D eigenvalue weighted by Crippen LogP contribution is -2.05. The molecule has 0 saturated carbocycles. The molecule has 2 N–H and O–H groups in total. The Morgan fingerprint density at radius 3 is 2.55 bits per heavy atom. The van der Waals surface area contributed by atoms with E-state index in [-0.39, 0.29) is 17.2 Å². The first-order valence-electron chi connectivity index (χ1n) is 6.59. The van der Waals surface area contributed by atoms with Gasteiger partial charge in [-0.3, -0.25) is 4.79 Å². The van der Waals surface area contributed by atoms with E-state index < -0.39 is 17.7 Å². The number of amides is 1. The molecule has 0 saturated heterocycles. The van der Waals surface area contributed by atoms with Crippen molar-refractivity contribution in [3.63, 3.8) is 0 Å². The Balaban J connectivity index is 1.97. The van der Waals surface area contributed by atoms with Crippen molar-refractivity contribution in [1.29, 1.82) is 0 Å². The maximum absolute atomic E-state index is 13.5. The normalized spacial score (nSPS) is 12.0. The number of nitrogens with one attached hydrogen (secondary N) is 1. The molecule has 0 spiro atoms. The van der Waals surface area contributed by atoms with Crippen LogP contribution in [0, 0.1) is 11.6 Å². The summed E-state index contributed by atoms with van der Waals surface area (Å²) >= 11 is 1.31. The van der Waals surface area contributed by atoms with Crippen molar-refractivity contribution in [3.05, 3.63) is 59.7 Å². The van der Waals surface area contributed by atoms with E-state index in [9.17, 15) is 18.7 Å². The summed E-state index contributed by atoms with van der Waals surface area (Å²) in [7, 11) is 0. The highest BCUT2D eigenvalue weighted by Crippen LogP contribution is 2.27. The average molecular weight is 323 g/mol. The molecule has 6 heteroatoms. The fraction of sp³-hybridized carbons (Fsp3) is 0.188. The molecule has 116 valence electrons. The lowest BCUT2D eigenvalue weighted by Gasteiger charge is -2.12. The monoisotopic (exact) mass is 323 g/mol. The SMILES string of the molecule is CC(=O)Nc1ccc(SCC(O)c2cc(F)ccc2F)cc1. The summed E-state index contributed by atoms with van der Waals surface area (Å²) in [5.74, 6) is -1.17. The number of hydrogen-bond acceptors (Lipinski definition) is 3. The van der Waals surface area contributed by atoms with E-state index in [2.05, 4.69) is 5.32 Å². The first kappa shape index (κ1) is 16.5. The first-order chi connectivity index (χ1) is 10.5. The number of hydrogen-bond donors (Lipinski definition) is 2. The molecule has 1 atom stereocenters. The Bertz CT molecular complexity index is 662. The van der Waals surface area contributed by atoms with Crippen LogP contribution in [-0.2, 0) is 4.79 Å². The molecule has 2 aromatic rings. The Hall–Kier alpha value is -1.92. The van der Waals surface area contributed by atoms with E-state index in [4.69, 9.17) is 0 Å². The van der Waals surface area contributed by atoms with Crippen LogP contribution in [0.4, 0.5) is 14.5 Å². The van der Waals surface area contributed by atoms with Crippen molar-refractivity contribution in [3.8, 4) is 0 Å². The van der Waals surface area contributed by atoms with Gasteiger partial charge in [0.25, 0.3) is 0 Å². The number of thioether (sulfide) groups is 1. The Kier molecular flexibility index (Phi) is 5.51. The minimum Gasteiger partial charge on any atom is -0.387 e. The highest BCUT2D eigenvalue weighted by atomic mass is 32.2. The van der Waals surface area contributed by atoms with Gasteiger partial charge in [0.05, 0.1) is 6.10 Å². The van der Waals surface area contributed by atoms with E-state index in [0.29, 0.717) is 5.69 Å². The summed E-state index contributed by atoms with van der Waals surface area (Å²) in [6.07, 6.45) is -1.10. The quantitative estimate of drug-likeness (QED) is 0.824. The molecule has 22 heavy (non-hydrogen) atoms. The zero-order chi connectivity index (χ0) is 16.1. The van der Waals surface area contributed by atoms with Gasteiger partial charge in [-0.1, -0.05) is 0 Å². The van der Waals surface area contributed by atoms with Gasteiger partial charge in [-0.2, -0.15) is 0 Å². The molecular weight excluding hydrogens is 308 g/mol. The second-order valence-corrected chi connectivity index (χ2v) is 5.79. The number of aliphatic hydroxyl groups is 1. The predicted octanol–water partition coefficient (Wildman–Crippen LogP) is 3.75. The minimum atomic E-state index is -1.10. The van der Waals surface area contributed by atoms with Crippen LogP contribution in [0.1, 0.15) is 18.6 Å². The van der Waals surface area contributed by atoms with Gasteiger partial charge in [-0.25, -0.2) is 8.78 Å². The number of rotatable bonds is 5. The molecule has 3 nitrogen and oxygen atoms in total. The third-order valence-corrected chi connectivity index (χ3v) is 3.99. The topological polar surface area (TPSA) is 49.3 Å². The molecule has 0 aliphatic carbocycles. The van der Waals surface area contributed by atoms with Crippen molar-refractivity contribution in [2.75, 3.05) is 11.1 Å². The fourth-order valence-electron chi connectivity index (χ4n) is 1.87. The molecule has 1 unspecified atom stereocenters. The van der Waals surface area contributed by atoms with E-state index in [1.807, 2.05) is 0 Å². The van der Waals surface area contributed by atoms with E-state index in [0.717, 1.165) is 23.1 Å². The average Bonchev–Trinajstić information content (AvgIpc) is 2.48. The zero-order valence-electron chi connectivity index (χ0n) is 11.8. The summed E-state index contributed by atoms with van der Waals surface area (Å²) in [5, 5.41) is 12.6. The van der Waals surface area contributed by atoms with Gasteiger partial charge in [0.15, 0.2) is 0 Å². The molecule has 0 bridgehead atoms. The Labute approximate surface area is 131 Å². The number of anilines is 1. The highest BCUT2D eigenvalue weighted by Gasteiger charge is 2.14. The summed E-state index contributed by atoms with van der Waals surface area (Å²) in [4.78, 5) is 11.8. The largest absolute Gasteiger partial charge is 0.387 e. The fourth-order valence-corrected chi connectivity index (χ4v) is 2.73. The molecule has 0 heterocycles. The van der Waals surface area contributed by atoms with E-state index in [1.54, 1.807) is 24.3 Å². The third-order valence-electron chi connectivity index (χ3n) is 2.90. The third kappa shape index (κ3) is 4.54. The summed E-state index contributed by atoms with van der Waals surface area (Å²) in [6.45, 7) is 1.42. The number of carbonyl (C=O) groups excluding carboxylic acids is 1. The van der Waals surface area contributed by atoms with Gasteiger partial charge in [0.1, 0.15) is 11.6 Å². The van der Waals surface area contributed by atoms with Crippen LogP contribution in [0.5, 0.6) is 0 Å². The van der Waals surface area contributed by atoms with Crippen LogP contribution in [0.15, 0.2) is 47.4 Å². The maximum atomic E-state index is 13.5. The summed E-state index contributed by atoms with van der Waals surface area (Å²) in [5.41, 5.74) is 0.621. The van der Waals surface area contributed by atoms with Crippen LogP contribution in [-0.4, -0.2) is 16.8 Å². The van der Waals surface area contributed by atoms with Crippen LogP contribution in [0.25, 0.3) is 0 Å². The predicted molar refractivity (Wildman–Crippen MR) is 82.8 cm³/mol. The van der Waals surface area contributed by atoms with Crippen molar-refractivity contribution >= 4 is 23.4 Å². The molecule has 0 radical (unpaired) electrons. The van der Waals surface area contributed by atoms with Crippen LogP contribution < -0.4 is 5.32 Å². The molecule has 1 amide bonds. The van der Waals surface area contributed by atoms with Crippen molar-refractivity contribution in [1.82, 2.24) is 0 Å². The minimum absolute atomic E-state index is 0.0534. The highest BCUT2D eigenvalue weighted by molar-refractivity contribution is 7.99. The molecule has 0 fully saturated rings. The smallest absolute Gasteiger partial charge is 0.221 e. The van der Waals surface area contributed by atoms with Crippen molar-refractivity contribution in [2.45, 2.75) is 17.9 Å². The van der Waals surface area contributed by atoms with Gasteiger partial charge in [0, 0.05) is 28.8 Å². The van der Waals surface area contributed by atoms with Gasteiger partial charge in [0.2, 0.25) is 5.91 Å². The van der Waals surface area contributed by atoms with Crippen molar-refractivity contribution in [2.24, 2.45) is 0 Å². The maximum Gasteiger partial charge on any atom is 0.221 e. The Morgan fingerprint density at radius 1 is 1.23 bits per heavy atom. The molecule has 2 aromatic carbocycles. The zero-order valence-corrected chi connectivity index (χ0v) is 12.7. The molecule has 2 rings (SSSR count). The number of halogens is 2. The summed E-state index contributed by atoms with van der Waals surface area (Å²) < 4.78 is 26.6. The van der Waals surface area contributed by atoms with Crippen LogP contribution >= 0.6 is 11.8 Å². The second-order valence-electron chi connectivity index (χ2n) is 4.70. The standard InChI is InChI=1S/C16H15F2NO2S/c1-10(20)19-12-3-5-13(6-4-12)22-9-16(21)14-8-11(17)2-7-15(14)18/h2-8,16,21H,9H2,1H3,(H,19,20). The van der Waals surface area contributed by atoms with Crippen molar-refractivity contribution < 1.29 is 18.7 Å². The lowest BCUT2D eigenvalue weighted by molar-refractivity contribution is -0.114. The molecule has 0 aromatic heterocycles. The van der Waals surface area contributed by atoms with E-state index in [1.165, 1.54) is 18.7 Å². The molecule has 0 aliphatic heterocycles. The van der Waals surface area contributed by atoms with Gasteiger partial charge in [-0.05, 0) is 42.5 Å². The number of benzene rings is 2. The lowest BCUT2D eigenvalue weighted by atomic mass is 10.1. The van der Waals surface area contributed by atoms with Crippen LogP contribution in [0.3, 0.4) is 0 Å². The number of aliphatic hydroxyl groups excluding tert-OH is 1. The first-order valence-corrected chi connectivity index (χ1v) is 7.58. The Morgan fingerprint density at radius 2 is 1.91 bits per heavy atom. The van der Waals surface area contributed by atoms with Crippen LogP contribution in [0.2, 0.25) is 0 Å². The summed E-state index contributed by atoms with van der Waals surface area (Å²) in [6, 6.07) is 10.0.